The maximum absolute atomic E-state index is 9.58. The number of benzene rings is 1. The molecule has 20 heavy (non-hydrogen) atoms. The lowest BCUT2D eigenvalue weighted by Gasteiger charge is -2.08. The number of imidazole rings is 1. The van der Waals surface area contributed by atoms with Crippen molar-refractivity contribution < 1.29 is 5.11 Å². The molecule has 0 spiro atoms. The van der Waals surface area contributed by atoms with Crippen LogP contribution >= 0.6 is 27.7 Å². The fourth-order valence-corrected chi connectivity index (χ4v) is 3.28. The van der Waals surface area contributed by atoms with E-state index in [1.165, 1.54) is 18.1 Å². The molecule has 102 valence electrons. The van der Waals surface area contributed by atoms with Crippen molar-refractivity contribution in [1.29, 1.82) is 0 Å². The Kier molecular flexibility index (Phi) is 3.73. The second-order valence-electron chi connectivity index (χ2n) is 4.25. The van der Waals surface area contributed by atoms with Gasteiger partial charge in [0.25, 0.3) is 0 Å². The van der Waals surface area contributed by atoms with Crippen molar-refractivity contribution in [3.05, 3.63) is 40.9 Å². The summed E-state index contributed by atoms with van der Waals surface area (Å²) in [6, 6.07) is 5.78. The van der Waals surface area contributed by atoms with E-state index >= 15 is 0 Å². The van der Waals surface area contributed by atoms with Crippen LogP contribution in [0.5, 0.6) is 0 Å². The Labute approximate surface area is 128 Å². The molecule has 1 aromatic carbocycles. The first-order chi connectivity index (χ1) is 9.65. The van der Waals surface area contributed by atoms with Gasteiger partial charge >= 0.3 is 0 Å². The third-order valence-corrected chi connectivity index (χ3v) is 4.83. The van der Waals surface area contributed by atoms with Crippen molar-refractivity contribution in [3.8, 4) is 0 Å². The molecule has 0 fully saturated rings. The van der Waals surface area contributed by atoms with Gasteiger partial charge < -0.3 is 10.1 Å². The van der Waals surface area contributed by atoms with Crippen LogP contribution in [0.15, 0.2) is 45.2 Å². The molecule has 0 saturated heterocycles. The van der Waals surface area contributed by atoms with Crippen molar-refractivity contribution in [2.45, 2.75) is 22.9 Å². The third kappa shape index (κ3) is 2.56. The van der Waals surface area contributed by atoms with E-state index in [0.717, 1.165) is 25.5 Å². The number of nitrogens with zero attached hydrogens (tertiary/aromatic N) is 3. The zero-order valence-electron chi connectivity index (χ0n) is 10.5. The van der Waals surface area contributed by atoms with Gasteiger partial charge in [-0.3, -0.25) is 0 Å². The molecule has 2 heterocycles. The van der Waals surface area contributed by atoms with Gasteiger partial charge in [-0.05, 0) is 40.5 Å². The van der Waals surface area contributed by atoms with Crippen LogP contribution in [0.2, 0.25) is 0 Å². The lowest BCUT2D eigenvalue weighted by atomic mass is 10.1. The molecule has 0 amide bonds. The van der Waals surface area contributed by atoms with E-state index in [0.29, 0.717) is 5.65 Å². The molecule has 0 aliphatic carbocycles. The van der Waals surface area contributed by atoms with Gasteiger partial charge in [-0.2, -0.15) is 0 Å². The Morgan fingerprint density at radius 3 is 2.90 bits per heavy atom. The standard InChI is InChI=1S/C13H11BrN4OS/c1-7(19)8-2-3-10(9(14)4-8)20-13-11-12(16-5-15-11)17-6-18-13/h2-7,19H,1H3,(H,15,16,17,18). The Morgan fingerprint density at radius 2 is 2.15 bits per heavy atom. The van der Waals surface area contributed by atoms with Crippen LogP contribution in [-0.4, -0.2) is 25.0 Å². The Balaban J connectivity index is 1.97. The predicted octanol–water partition coefficient (Wildman–Crippen LogP) is 3.32. The fourth-order valence-electron chi connectivity index (χ4n) is 1.78. The van der Waals surface area contributed by atoms with Crippen LogP contribution in [0.25, 0.3) is 11.2 Å². The van der Waals surface area contributed by atoms with E-state index in [1.807, 2.05) is 18.2 Å². The maximum atomic E-state index is 9.58. The molecule has 2 aromatic heterocycles. The van der Waals surface area contributed by atoms with Crippen molar-refractivity contribution in [2.75, 3.05) is 0 Å². The molecule has 3 rings (SSSR count). The van der Waals surface area contributed by atoms with E-state index in [9.17, 15) is 5.11 Å². The Bertz CT molecular complexity index is 759. The number of aliphatic hydroxyl groups excluding tert-OH is 1. The second-order valence-corrected chi connectivity index (χ2v) is 6.13. The first-order valence-corrected chi connectivity index (χ1v) is 7.55. The minimum Gasteiger partial charge on any atom is -0.389 e. The highest BCUT2D eigenvalue weighted by Gasteiger charge is 2.11. The number of H-pyrrole nitrogens is 1. The van der Waals surface area contributed by atoms with Crippen LogP contribution in [0.3, 0.4) is 0 Å². The topological polar surface area (TPSA) is 74.7 Å². The smallest absolute Gasteiger partial charge is 0.181 e. The van der Waals surface area contributed by atoms with Crippen LogP contribution in [-0.2, 0) is 0 Å². The van der Waals surface area contributed by atoms with Crippen molar-refractivity contribution in [2.24, 2.45) is 0 Å². The number of nitrogens with one attached hydrogen (secondary N) is 1. The monoisotopic (exact) mass is 350 g/mol. The summed E-state index contributed by atoms with van der Waals surface area (Å²) in [6.45, 7) is 1.74. The summed E-state index contributed by atoms with van der Waals surface area (Å²) in [6.07, 6.45) is 2.63. The molecular weight excluding hydrogens is 340 g/mol. The molecule has 0 aliphatic heterocycles. The zero-order chi connectivity index (χ0) is 14.1. The minimum atomic E-state index is -0.483. The number of aromatic amines is 1. The number of hydrogen-bond donors (Lipinski definition) is 2. The van der Waals surface area contributed by atoms with Gasteiger partial charge in [-0.1, -0.05) is 17.8 Å². The highest BCUT2D eigenvalue weighted by atomic mass is 79.9. The Morgan fingerprint density at radius 1 is 1.30 bits per heavy atom. The molecule has 1 unspecified atom stereocenters. The van der Waals surface area contributed by atoms with Crippen molar-refractivity contribution in [1.82, 2.24) is 19.9 Å². The lowest BCUT2D eigenvalue weighted by molar-refractivity contribution is 0.199. The summed E-state index contributed by atoms with van der Waals surface area (Å²) in [5.41, 5.74) is 2.35. The fraction of sp³-hybridized carbons (Fsp3) is 0.154. The summed E-state index contributed by atoms with van der Waals surface area (Å²) >= 11 is 5.04. The van der Waals surface area contributed by atoms with Crippen molar-refractivity contribution in [3.63, 3.8) is 0 Å². The summed E-state index contributed by atoms with van der Waals surface area (Å²) in [5, 5.41) is 10.4. The van der Waals surface area contributed by atoms with Gasteiger partial charge in [0.05, 0.1) is 12.4 Å². The number of aliphatic hydroxyl groups is 1. The zero-order valence-corrected chi connectivity index (χ0v) is 12.9. The van der Waals surface area contributed by atoms with Gasteiger partial charge in [-0.25, -0.2) is 15.0 Å². The quantitative estimate of drug-likeness (QED) is 0.708. The third-order valence-electron chi connectivity index (χ3n) is 2.83. The number of halogens is 1. The summed E-state index contributed by atoms with van der Waals surface area (Å²) in [7, 11) is 0. The van der Waals surface area contributed by atoms with E-state index in [2.05, 4.69) is 35.9 Å². The van der Waals surface area contributed by atoms with Crippen molar-refractivity contribution >= 4 is 38.9 Å². The molecule has 0 aliphatic rings. The highest BCUT2D eigenvalue weighted by molar-refractivity contribution is 9.10. The van der Waals surface area contributed by atoms with Gasteiger partial charge in [0, 0.05) is 9.37 Å². The average Bonchev–Trinajstić information content (AvgIpc) is 2.90. The molecule has 5 nitrogen and oxygen atoms in total. The predicted molar refractivity (Wildman–Crippen MR) is 80.6 cm³/mol. The SMILES string of the molecule is CC(O)c1ccc(Sc2ncnc3nc[nH]c23)c(Br)c1. The number of rotatable bonds is 3. The van der Waals surface area contributed by atoms with Crippen LogP contribution in [0.1, 0.15) is 18.6 Å². The molecule has 0 saturated carbocycles. The number of hydrogen-bond acceptors (Lipinski definition) is 5. The molecule has 1 atom stereocenters. The number of fused-ring (bicyclic) bond motifs is 1. The van der Waals surface area contributed by atoms with E-state index < -0.39 is 6.10 Å². The Hall–Kier alpha value is -1.44. The first-order valence-electron chi connectivity index (χ1n) is 5.94. The maximum Gasteiger partial charge on any atom is 0.181 e. The van der Waals surface area contributed by atoms with Gasteiger partial charge in [-0.15, -0.1) is 0 Å². The summed E-state index contributed by atoms with van der Waals surface area (Å²) in [4.78, 5) is 16.6. The average molecular weight is 351 g/mol. The normalized spacial score (nSPS) is 12.8. The molecule has 0 radical (unpaired) electrons. The second kappa shape index (κ2) is 5.51. The number of aromatic nitrogens is 4. The molecule has 7 heteroatoms. The molecular formula is C13H11BrN4OS. The van der Waals surface area contributed by atoms with Gasteiger partial charge in [0.1, 0.15) is 16.9 Å². The largest absolute Gasteiger partial charge is 0.389 e. The summed E-state index contributed by atoms with van der Waals surface area (Å²) in [5.74, 6) is 0. The van der Waals surface area contributed by atoms with Gasteiger partial charge in [0.2, 0.25) is 0 Å². The molecule has 0 bridgehead atoms. The highest BCUT2D eigenvalue weighted by Crippen LogP contribution is 2.35. The summed E-state index contributed by atoms with van der Waals surface area (Å²) < 4.78 is 0.923. The molecule has 2 N–H and O–H groups in total. The lowest BCUT2D eigenvalue weighted by Crippen LogP contribution is -1.91. The van der Waals surface area contributed by atoms with E-state index in [1.54, 1.807) is 13.3 Å². The first kappa shape index (κ1) is 13.5. The van der Waals surface area contributed by atoms with E-state index in [-0.39, 0.29) is 0 Å². The molecule has 3 aromatic rings. The van der Waals surface area contributed by atoms with E-state index in [4.69, 9.17) is 0 Å². The minimum absolute atomic E-state index is 0.483. The van der Waals surface area contributed by atoms with Crippen LogP contribution in [0.4, 0.5) is 0 Å². The van der Waals surface area contributed by atoms with Crippen LogP contribution < -0.4 is 0 Å². The van der Waals surface area contributed by atoms with Gasteiger partial charge in [0.15, 0.2) is 5.65 Å². The van der Waals surface area contributed by atoms with Crippen LogP contribution in [0, 0.1) is 0 Å².